The van der Waals surface area contributed by atoms with Crippen LogP contribution in [0.4, 0.5) is 5.69 Å². The Bertz CT molecular complexity index is 375. The van der Waals surface area contributed by atoms with E-state index in [1.54, 1.807) is 0 Å². The maximum absolute atomic E-state index is 11.8. The number of benzene rings is 1. The SMILES string of the molecule is O=C(Nc1cccc(CCl)c1)C1CCOC1. The summed E-state index contributed by atoms with van der Waals surface area (Å²) in [7, 11) is 0. The van der Waals surface area contributed by atoms with E-state index < -0.39 is 0 Å². The fourth-order valence-corrected chi connectivity index (χ4v) is 1.88. The molecular formula is C12H14ClNO2. The molecule has 1 aliphatic rings. The normalized spacial score (nSPS) is 19.7. The number of halogens is 1. The van der Waals surface area contributed by atoms with Crippen molar-refractivity contribution in [1.82, 2.24) is 0 Å². The Morgan fingerprint density at radius 3 is 3.12 bits per heavy atom. The Morgan fingerprint density at radius 2 is 2.44 bits per heavy atom. The van der Waals surface area contributed by atoms with Crippen LogP contribution in [0.3, 0.4) is 0 Å². The molecule has 0 bridgehead atoms. The van der Waals surface area contributed by atoms with Crippen molar-refractivity contribution >= 4 is 23.2 Å². The Morgan fingerprint density at radius 1 is 1.56 bits per heavy atom. The van der Waals surface area contributed by atoms with Crippen LogP contribution in [0.25, 0.3) is 0 Å². The molecule has 1 unspecified atom stereocenters. The number of nitrogens with one attached hydrogen (secondary N) is 1. The third-order valence-corrected chi connectivity index (χ3v) is 2.96. The van der Waals surface area contributed by atoms with Gasteiger partial charge in [0.15, 0.2) is 0 Å². The topological polar surface area (TPSA) is 38.3 Å². The Hall–Kier alpha value is -1.06. The molecule has 1 N–H and O–H groups in total. The molecule has 1 aliphatic heterocycles. The second-order valence-electron chi connectivity index (χ2n) is 3.88. The van der Waals surface area contributed by atoms with Gasteiger partial charge < -0.3 is 10.1 Å². The number of anilines is 1. The maximum Gasteiger partial charge on any atom is 0.229 e. The standard InChI is InChI=1S/C12H14ClNO2/c13-7-9-2-1-3-11(6-9)14-12(15)10-4-5-16-8-10/h1-3,6,10H,4-5,7-8H2,(H,14,15). The number of carbonyl (C=O) groups is 1. The molecule has 1 amide bonds. The van der Waals surface area contributed by atoms with Crippen LogP contribution in [-0.4, -0.2) is 19.1 Å². The van der Waals surface area contributed by atoms with Crippen LogP contribution in [0.15, 0.2) is 24.3 Å². The fourth-order valence-electron chi connectivity index (χ4n) is 1.72. The predicted molar refractivity (Wildman–Crippen MR) is 63.6 cm³/mol. The highest BCUT2D eigenvalue weighted by molar-refractivity contribution is 6.17. The van der Waals surface area contributed by atoms with E-state index in [0.717, 1.165) is 17.7 Å². The molecule has 0 radical (unpaired) electrons. The number of alkyl halides is 1. The summed E-state index contributed by atoms with van der Waals surface area (Å²) in [6.45, 7) is 1.21. The van der Waals surface area contributed by atoms with Gasteiger partial charge in [0.05, 0.1) is 12.5 Å². The molecule has 1 aromatic rings. The molecule has 86 valence electrons. The minimum Gasteiger partial charge on any atom is -0.381 e. The van der Waals surface area contributed by atoms with Crippen molar-refractivity contribution < 1.29 is 9.53 Å². The summed E-state index contributed by atoms with van der Waals surface area (Å²) >= 11 is 5.73. The number of amides is 1. The lowest BCUT2D eigenvalue weighted by atomic mass is 10.1. The zero-order chi connectivity index (χ0) is 11.4. The lowest BCUT2D eigenvalue weighted by Gasteiger charge is -2.09. The summed E-state index contributed by atoms with van der Waals surface area (Å²) in [4.78, 5) is 11.8. The van der Waals surface area contributed by atoms with Gasteiger partial charge in [0, 0.05) is 18.2 Å². The second-order valence-corrected chi connectivity index (χ2v) is 4.15. The third kappa shape index (κ3) is 2.74. The first kappa shape index (κ1) is 11.4. The number of rotatable bonds is 3. The highest BCUT2D eigenvalue weighted by atomic mass is 35.5. The van der Waals surface area contributed by atoms with Gasteiger partial charge in [0.25, 0.3) is 0 Å². The molecule has 1 heterocycles. The Labute approximate surface area is 99.7 Å². The third-order valence-electron chi connectivity index (χ3n) is 2.65. The predicted octanol–water partition coefficient (Wildman–Crippen LogP) is 2.40. The van der Waals surface area contributed by atoms with Crippen molar-refractivity contribution in [2.75, 3.05) is 18.5 Å². The van der Waals surface area contributed by atoms with Gasteiger partial charge in [-0.2, -0.15) is 0 Å². The molecule has 3 nitrogen and oxygen atoms in total. The molecule has 16 heavy (non-hydrogen) atoms. The van der Waals surface area contributed by atoms with Crippen molar-refractivity contribution in [3.05, 3.63) is 29.8 Å². The highest BCUT2D eigenvalue weighted by Gasteiger charge is 2.23. The largest absolute Gasteiger partial charge is 0.381 e. The Kier molecular flexibility index (Phi) is 3.80. The van der Waals surface area contributed by atoms with Crippen LogP contribution >= 0.6 is 11.6 Å². The Balaban J connectivity index is 1.99. The highest BCUT2D eigenvalue weighted by Crippen LogP contribution is 2.17. The number of carbonyl (C=O) groups excluding carboxylic acids is 1. The summed E-state index contributed by atoms with van der Waals surface area (Å²) in [5, 5.41) is 2.88. The summed E-state index contributed by atoms with van der Waals surface area (Å²) < 4.78 is 5.18. The number of hydrogen-bond acceptors (Lipinski definition) is 2. The van der Waals surface area contributed by atoms with Gasteiger partial charge in [-0.3, -0.25) is 4.79 Å². The quantitative estimate of drug-likeness (QED) is 0.823. The maximum atomic E-state index is 11.8. The average molecular weight is 240 g/mol. The van der Waals surface area contributed by atoms with Gasteiger partial charge >= 0.3 is 0 Å². The average Bonchev–Trinajstić information content (AvgIpc) is 2.83. The van der Waals surface area contributed by atoms with Gasteiger partial charge in [0.1, 0.15) is 0 Å². The van der Waals surface area contributed by atoms with Crippen molar-refractivity contribution in [2.24, 2.45) is 5.92 Å². The zero-order valence-electron chi connectivity index (χ0n) is 8.91. The lowest BCUT2D eigenvalue weighted by molar-refractivity contribution is -0.119. The zero-order valence-corrected chi connectivity index (χ0v) is 9.67. The van der Waals surface area contributed by atoms with Crippen LogP contribution in [0.2, 0.25) is 0 Å². The van der Waals surface area contributed by atoms with Gasteiger partial charge in [-0.15, -0.1) is 11.6 Å². The second kappa shape index (κ2) is 5.32. The summed E-state index contributed by atoms with van der Waals surface area (Å²) in [5.41, 5.74) is 1.80. The molecule has 2 rings (SSSR count). The van der Waals surface area contributed by atoms with Gasteiger partial charge in [-0.1, -0.05) is 12.1 Å². The molecule has 1 saturated heterocycles. The van der Waals surface area contributed by atoms with E-state index in [1.807, 2.05) is 24.3 Å². The first-order valence-electron chi connectivity index (χ1n) is 5.33. The molecule has 0 aliphatic carbocycles. The monoisotopic (exact) mass is 239 g/mol. The van der Waals surface area contributed by atoms with E-state index in [1.165, 1.54) is 0 Å². The molecule has 4 heteroatoms. The van der Waals surface area contributed by atoms with Crippen molar-refractivity contribution in [1.29, 1.82) is 0 Å². The number of hydrogen-bond donors (Lipinski definition) is 1. The van der Waals surface area contributed by atoms with Crippen LogP contribution in [0.1, 0.15) is 12.0 Å². The van der Waals surface area contributed by atoms with Crippen molar-refractivity contribution in [3.8, 4) is 0 Å². The van der Waals surface area contributed by atoms with Crippen LogP contribution in [0, 0.1) is 5.92 Å². The van der Waals surface area contributed by atoms with E-state index in [-0.39, 0.29) is 11.8 Å². The van der Waals surface area contributed by atoms with E-state index in [4.69, 9.17) is 16.3 Å². The summed E-state index contributed by atoms with van der Waals surface area (Å²) in [5.74, 6) is 0.472. The smallest absolute Gasteiger partial charge is 0.229 e. The summed E-state index contributed by atoms with van der Waals surface area (Å²) in [6.07, 6.45) is 0.807. The molecule has 0 saturated carbocycles. The lowest BCUT2D eigenvalue weighted by Crippen LogP contribution is -2.22. The van der Waals surface area contributed by atoms with E-state index in [2.05, 4.69) is 5.32 Å². The minimum absolute atomic E-state index is 0.0142. The molecule has 1 atom stereocenters. The first-order chi connectivity index (χ1) is 7.79. The molecule has 0 spiro atoms. The van der Waals surface area contributed by atoms with E-state index in [0.29, 0.717) is 19.1 Å². The minimum atomic E-state index is -0.0142. The van der Waals surface area contributed by atoms with E-state index in [9.17, 15) is 4.79 Å². The van der Waals surface area contributed by atoms with E-state index >= 15 is 0 Å². The van der Waals surface area contributed by atoms with Crippen LogP contribution < -0.4 is 5.32 Å². The van der Waals surface area contributed by atoms with Crippen molar-refractivity contribution in [3.63, 3.8) is 0 Å². The van der Waals surface area contributed by atoms with Gasteiger partial charge in [-0.05, 0) is 24.1 Å². The van der Waals surface area contributed by atoms with Crippen LogP contribution in [-0.2, 0) is 15.4 Å². The first-order valence-corrected chi connectivity index (χ1v) is 5.86. The molecular weight excluding hydrogens is 226 g/mol. The van der Waals surface area contributed by atoms with Crippen molar-refractivity contribution in [2.45, 2.75) is 12.3 Å². The molecule has 0 aromatic heterocycles. The van der Waals surface area contributed by atoms with Crippen LogP contribution in [0.5, 0.6) is 0 Å². The number of ether oxygens (including phenoxy) is 1. The molecule has 1 fully saturated rings. The van der Waals surface area contributed by atoms with Gasteiger partial charge in [-0.25, -0.2) is 0 Å². The molecule has 1 aromatic carbocycles. The summed E-state index contributed by atoms with van der Waals surface area (Å²) in [6, 6.07) is 7.57. The van der Waals surface area contributed by atoms with Gasteiger partial charge in [0.2, 0.25) is 5.91 Å². The fraction of sp³-hybridized carbons (Fsp3) is 0.417.